The lowest BCUT2D eigenvalue weighted by molar-refractivity contribution is -0.384. The SMILES string of the molecule is O=C(OCc1ccc([N+](=O)[O-])cc1)N1CCc2cc(S(=O)(=O)N3C[C@H](c4ccccc4)NC3=O)ccc21. The summed E-state index contributed by atoms with van der Waals surface area (Å²) in [6, 6.07) is 18.1. The van der Waals surface area contributed by atoms with Gasteiger partial charge in [0.1, 0.15) is 6.61 Å². The Balaban J connectivity index is 1.27. The Kier molecular flexibility index (Phi) is 6.25. The summed E-state index contributed by atoms with van der Waals surface area (Å²) in [6.45, 7) is 0.212. The van der Waals surface area contributed by atoms with Gasteiger partial charge in [-0.15, -0.1) is 0 Å². The lowest BCUT2D eigenvalue weighted by Gasteiger charge is -2.19. The highest BCUT2D eigenvalue weighted by atomic mass is 32.2. The van der Waals surface area contributed by atoms with Crippen LogP contribution in [0.1, 0.15) is 22.7 Å². The van der Waals surface area contributed by atoms with E-state index < -0.39 is 33.1 Å². The fourth-order valence-electron chi connectivity index (χ4n) is 4.39. The van der Waals surface area contributed by atoms with Crippen LogP contribution in [-0.2, 0) is 27.8 Å². The van der Waals surface area contributed by atoms with Gasteiger partial charge in [-0.05, 0) is 53.4 Å². The summed E-state index contributed by atoms with van der Waals surface area (Å²) in [6.07, 6.45) is -0.193. The molecule has 1 N–H and O–H groups in total. The summed E-state index contributed by atoms with van der Waals surface area (Å²) >= 11 is 0. The maximum absolute atomic E-state index is 13.3. The molecule has 190 valence electrons. The number of ether oxygens (including phenoxy) is 1. The Labute approximate surface area is 212 Å². The largest absolute Gasteiger partial charge is 0.444 e. The minimum absolute atomic E-state index is 0.0244. The molecule has 1 fully saturated rings. The fourth-order valence-corrected chi connectivity index (χ4v) is 5.79. The van der Waals surface area contributed by atoms with Crippen LogP contribution in [0.4, 0.5) is 21.0 Å². The molecule has 2 aliphatic heterocycles. The average molecular weight is 523 g/mol. The van der Waals surface area contributed by atoms with Crippen LogP contribution in [0.3, 0.4) is 0 Å². The van der Waals surface area contributed by atoms with Crippen LogP contribution in [0.2, 0.25) is 0 Å². The Morgan fingerprint density at radius 3 is 2.51 bits per heavy atom. The third kappa shape index (κ3) is 4.70. The second-order valence-corrected chi connectivity index (χ2v) is 10.5. The zero-order valence-electron chi connectivity index (χ0n) is 19.4. The van der Waals surface area contributed by atoms with Crippen molar-refractivity contribution in [2.24, 2.45) is 0 Å². The van der Waals surface area contributed by atoms with E-state index in [1.807, 2.05) is 30.3 Å². The van der Waals surface area contributed by atoms with Crippen LogP contribution >= 0.6 is 0 Å². The maximum Gasteiger partial charge on any atom is 0.414 e. The van der Waals surface area contributed by atoms with Crippen LogP contribution in [-0.4, -0.2) is 42.9 Å². The predicted octanol–water partition coefficient (Wildman–Crippen LogP) is 3.75. The standard InChI is InChI=1S/C25H22N4O7S/c30-24-26-22(18-4-2-1-3-5-18)15-28(24)37(34,35)21-10-11-23-19(14-21)12-13-27(23)25(31)36-16-17-6-8-20(9-7-17)29(32)33/h1-11,14,22H,12-13,15-16H2,(H,26,30)/t22-/m1/s1. The Morgan fingerprint density at radius 1 is 1.08 bits per heavy atom. The number of hydrogen-bond donors (Lipinski definition) is 1. The monoisotopic (exact) mass is 522 g/mol. The molecule has 2 aliphatic rings. The van der Waals surface area contributed by atoms with Crippen molar-refractivity contribution in [3.05, 3.63) is 99.6 Å². The van der Waals surface area contributed by atoms with Gasteiger partial charge in [0, 0.05) is 18.7 Å². The van der Waals surface area contributed by atoms with Crippen molar-refractivity contribution in [2.75, 3.05) is 18.0 Å². The lowest BCUT2D eigenvalue weighted by atomic mass is 10.1. The van der Waals surface area contributed by atoms with Crippen LogP contribution < -0.4 is 10.2 Å². The third-order valence-electron chi connectivity index (χ3n) is 6.34. The van der Waals surface area contributed by atoms with Gasteiger partial charge in [0.25, 0.3) is 15.7 Å². The number of anilines is 1. The Bertz CT molecular complexity index is 1480. The van der Waals surface area contributed by atoms with Gasteiger partial charge in [0.15, 0.2) is 0 Å². The van der Waals surface area contributed by atoms with Crippen molar-refractivity contribution in [1.82, 2.24) is 9.62 Å². The molecule has 3 amide bonds. The first-order chi connectivity index (χ1) is 17.7. The summed E-state index contributed by atoms with van der Waals surface area (Å²) in [4.78, 5) is 36.8. The quantitative estimate of drug-likeness (QED) is 0.384. The molecule has 0 aliphatic carbocycles. The number of amides is 3. The third-order valence-corrected chi connectivity index (χ3v) is 8.08. The average Bonchev–Trinajstić information content (AvgIpc) is 3.51. The second kappa shape index (κ2) is 9.54. The highest BCUT2D eigenvalue weighted by molar-refractivity contribution is 7.89. The predicted molar refractivity (Wildman–Crippen MR) is 132 cm³/mol. The van der Waals surface area contributed by atoms with Crippen molar-refractivity contribution in [2.45, 2.75) is 24.0 Å². The molecule has 3 aromatic rings. The summed E-state index contributed by atoms with van der Waals surface area (Å²) < 4.78 is 32.7. The van der Waals surface area contributed by atoms with E-state index in [1.54, 1.807) is 0 Å². The van der Waals surface area contributed by atoms with Gasteiger partial charge < -0.3 is 10.1 Å². The van der Waals surface area contributed by atoms with E-state index in [0.717, 1.165) is 9.87 Å². The number of rotatable bonds is 6. The van der Waals surface area contributed by atoms with Gasteiger partial charge in [0.2, 0.25) is 0 Å². The molecule has 0 radical (unpaired) electrons. The summed E-state index contributed by atoms with van der Waals surface area (Å²) in [5, 5.41) is 13.5. The molecular formula is C25H22N4O7S. The molecule has 0 spiro atoms. The highest BCUT2D eigenvalue weighted by Crippen LogP contribution is 2.33. The fraction of sp³-hybridized carbons (Fsp3) is 0.200. The van der Waals surface area contributed by atoms with E-state index in [2.05, 4.69) is 5.32 Å². The normalized spacial score (nSPS) is 16.9. The van der Waals surface area contributed by atoms with Gasteiger partial charge in [-0.25, -0.2) is 22.3 Å². The molecule has 1 atom stereocenters. The second-order valence-electron chi connectivity index (χ2n) is 8.62. The number of nitrogens with one attached hydrogen (secondary N) is 1. The van der Waals surface area contributed by atoms with Crippen LogP contribution in [0, 0.1) is 10.1 Å². The summed E-state index contributed by atoms with van der Waals surface area (Å²) in [5.74, 6) is 0. The van der Waals surface area contributed by atoms with E-state index in [0.29, 0.717) is 29.8 Å². The number of benzene rings is 3. The molecule has 12 heteroatoms. The number of non-ortho nitro benzene ring substituents is 1. The van der Waals surface area contributed by atoms with Gasteiger partial charge in [-0.2, -0.15) is 0 Å². The molecular weight excluding hydrogens is 500 g/mol. The van der Waals surface area contributed by atoms with Crippen molar-refractivity contribution in [3.63, 3.8) is 0 Å². The molecule has 11 nitrogen and oxygen atoms in total. The van der Waals surface area contributed by atoms with Crippen molar-refractivity contribution >= 4 is 33.5 Å². The van der Waals surface area contributed by atoms with E-state index in [9.17, 15) is 28.1 Å². The molecule has 37 heavy (non-hydrogen) atoms. The Hall–Kier alpha value is -4.45. The van der Waals surface area contributed by atoms with Crippen LogP contribution in [0.25, 0.3) is 0 Å². The number of nitro groups is 1. The molecule has 5 rings (SSSR count). The van der Waals surface area contributed by atoms with Crippen LogP contribution in [0.15, 0.2) is 77.7 Å². The number of nitrogens with zero attached hydrogens (tertiary/aromatic N) is 3. The first-order valence-electron chi connectivity index (χ1n) is 11.4. The van der Waals surface area contributed by atoms with E-state index in [4.69, 9.17) is 4.74 Å². The minimum Gasteiger partial charge on any atom is -0.444 e. The first-order valence-corrected chi connectivity index (χ1v) is 12.9. The van der Waals surface area contributed by atoms with E-state index >= 15 is 0 Å². The number of nitro benzene ring substituents is 1. The number of fused-ring (bicyclic) bond motifs is 1. The maximum atomic E-state index is 13.3. The molecule has 0 saturated carbocycles. The zero-order chi connectivity index (χ0) is 26.2. The van der Waals surface area contributed by atoms with Crippen molar-refractivity contribution in [1.29, 1.82) is 0 Å². The molecule has 1 saturated heterocycles. The number of hydrogen-bond acceptors (Lipinski definition) is 7. The lowest BCUT2D eigenvalue weighted by Crippen LogP contribution is -2.34. The molecule has 0 aromatic heterocycles. The van der Waals surface area contributed by atoms with Crippen molar-refractivity contribution in [3.8, 4) is 0 Å². The minimum atomic E-state index is -4.11. The van der Waals surface area contributed by atoms with E-state index in [1.165, 1.54) is 47.4 Å². The highest BCUT2D eigenvalue weighted by Gasteiger charge is 2.39. The molecule has 2 heterocycles. The molecule has 0 unspecified atom stereocenters. The van der Waals surface area contributed by atoms with Crippen molar-refractivity contribution < 1.29 is 27.7 Å². The van der Waals surface area contributed by atoms with E-state index in [-0.39, 0.29) is 23.7 Å². The van der Waals surface area contributed by atoms with Gasteiger partial charge >= 0.3 is 12.1 Å². The topological polar surface area (TPSA) is 139 Å². The number of sulfonamides is 1. The first kappa shape index (κ1) is 24.3. The number of urea groups is 1. The van der Waals surface area contributed by atoms with Gasteiger partial charge in [-0.1, -0.05) is 30.3 Å². The molecule has 0 bridgehead atoms. The summed E-state index contributed by atoms with van der Waals surface area (Å²) in [5.41, 5.74) is 2.52. The Morgan fingerprint density at radius 2 is 1.81 bits per heavy atom. The van der Waals surface area contributed by atoms with Gasteiger partial charge in [-0.3, -0.25) is 15.0 Å². The zero-order valence-corrected chi connectivity index (χ0v) is 20.3. The number of carbonyl (C=O) groups is 2. The molecule has 3 aromatic carbocycles. The summed E-state index contributed by atoms with van der Waals surface area (Å²) in [7, 11) is -4.11. The smallest absolute Gasteiger partial charge is 0.414 e. The number of carbonyl (C=O) groups excluding carboxylic acids is 2. The van der Waals surface area contributed by atoms with Crippen LogP contribution in [0.5, 0.6) is 0 Å². The van der Waals surface area contributed by atoms with Gasteiger partial charge in [0.05, 0.1) is 28.1 Å².